The van der Waals surface area contributed by atoms with Crippen LogP contribution in [0.2, 0.25) is 0 Å². The number of nitrogens with zero attached hydrogens (tertiary/aromatic N) is 1. The minimum absolute atomic E-state index is 0.0547. The average Bonchev–Trinajstić information content (AvgIpc) is 2.02. The molecular formula is C9H13F2NO2. The van der Waals surface area contributed by atoms with Gasteiger partial charge < -0.3 is 4.90 Å². The lowest BCUT2D eigenvalue weighted by Crippen LogP contribution is -2.43. The van der Waals surface area contributed by atoms with Crippen LogP contribution in [0.5, 0.6) is 0 Å². The van der Waals surface area contributed by atoms with Gasteiger partial charge in [-0.15, -0.1) is 0 Å². The minimum Gasteiger partial charge on any atom is -0.342 e. The molecule has 1 rings (SSSR count). The predicted molar refractivity (Wildman–Crippen MR) is 46.1 cm³/mol. The van der Waals surface area contributed by atoms with Gasteiger partial charge >= 0.3 is 0 Å². The molecule has 0 radical (unpaired) electrons. The first kappa shape index (κ1) is 11.1. The van der Waals surface area contributed by atoms with E-state index in [4.69, 9.17) is 0 Å². The van der Waals surface area contributed by atoms with E-state index < -0.39 is 5.92 Å². The van der Waals surface area contributed by atoms with Crippen LogP contribution in [0.25, 0.3) is 0 Å². The summed E-state index contributed by atoms with van der Waals surface area (Å²) in [6.45, 7) is 1.43. The van der Waals surface area contributed by atoms with E-state index in [0.29, 0.717) is 0 Å². The topological polar surface area (TPSA) is 37.4 Å². The van der Waals surface area contributed by atoms with E-state index in [0.717, 1.165) is 0 Å². The summed E-state index contributed by atoms with van der Waals surface area (Å²) in [4.78, 5) is 23.2. The molecule has 1 aliphatic rings. The summed E-state index contributed by atoms with van der Waals surface area (Å²) in [5.41, 5.74) is 0. The quantitative estimate of drug-likeness (QED) is 0.636. The van der Waals surface area contributed by atoms with E-state index in [-0.39, 0.29) is 44.0 Å². The zero-order valence-electron chi connectivity index (χ0n) is 8.06. The van der Waals surface area contributed by atoms with Gasteiger partial charge in [0.15, 0.2) is 0 Å². The monoisotopic (exact) mass is 205 g/mol. The molecule has 1 heterocycles. The van der Waals surface area contributed by atoms with Crippen molar-refractivity contribution in [2.24, 2.45) is 0 Å². The van der Waals surface area contributed by atoms with Crippen molar-refractivity contribution in [3.63, 3.8) is 0 Å². The first-order valence-electron chi connectivity index (χ1n) is 4.56. The Bertz CT molecular complexity index is 243. The fraction of sp³-hybridized carbons (Fsp3) is 0.778. The Labute approximate surface area is 81.1 Å². The molecule has 0 aromatic heterocycles. The standard InChI is InChI=1S/C9H13F2NO2/c1-7(13)6-8(14)12-4-2-9(10,11)3-5-12/h2-6H2,1H3. The van der Waals surface area contributed by atoms with Crippen molar-refractivity contribution in [1.82, 2.24) is 4.90 Å². The molecule has 1 amide bonds. The molecule has 5 heteroatoms. The second-order valence-corrected chi connectivity index (χ2v) is 3.62. The summed E-state index contributed by atoms with van der Waals surface area (Å²) in [5.74, 6) is -3.21. The van der Waals surface area contributed by atoms with Gasteiger partial charge in [-0.05, 0) is 6.92 Å². The van der Waals surface area contributed by atoms with Crippen molar-refractivity contribution in [2.75, 3.05) is 13.1 Å². The summed E-state index contributed by atoms with van der Waals surface area (Å²) < 4.78 is 25.4. The SMILES string of the molecule is CC(=O)CC(=O)N1CCC(F)(F)CC1. The third-order valence-corrected chi connectivity index (χ3v) is 2.25. The molecule has 14 heavy (non-hydrogen) atoms. The second-order valence-electron chi connectivity index (χ2n) is 3.62. The predicted octanol–water partition coefficient (Wildman–Crippen LogP) is 1.22. The van der Waals surface area contributed by atoms with Gasteiger partial charge in [-0.1, -0.05) is 0 Å². The van der Waals surface area contributed by atoms with Gasteiger partial charge in [-0.3, -0.25) is 9.59 Å². The molecule has 0 aromatic rings. The summed E-state index contributed by atoms with van der Waals surface area (Å²) in [6, 6.07) is 0. The lowest BCUT2D eigenvalue weighted by molar-refractivity contribution is -0.139. The molecule has 0 atom stereocenters. The molecular weight excluding hydrogens is 192 g/mol. The van der Waals surface area contributed by atoms with Gasteiger partial charge in [0.05, 0.1) is 6.42 Å². The largest absolute Gasteiger partial charge is 0.342 e. The van der Waals surface area contributed by atoms with E-state index in [1.807, 2.05) is 0 Å². The van der Waals surface area contributed by atoms with E-state index in [2.05, 4.69) is 0 Å². The number of amides is 1. The van der Waals surface area contributed by atoms with Gasteiger partial charge in [0, 0.05) is 25.9 Å². The molecule has 0 unspecified atom stereocenters. The van der Waals surface area contributed by atoms with Gasteiger partial charge in [0.2, 0.25) is 5.91 Å². The highest BCUT2D eigenvalue weighted by atomic mass is 19.3. The molecule has 1 saturated heterocycles. The first-order valence-corrected chi connectivity index (χ1v) is 4.56. The van der Waals surface area contributed by atoms with Crippen molar-refractivity contribution in [1.29, 1.82) is 0 Å². The van der Waals surface area contributed by atoms with Crippen LogP contribution in [-0.4, -0.2) is 35.6 Å². The maximum Gasteiger partial charge on any atom is 0.251 e. The third-order valence-electron chi connectivity index (χ3n) is 2.25. The number of rotatable bonds is 2. The van der Waals surface area contributed by atoms with Crippen LogP contribution >= 0.6 is 0 Å². The molecule has 0 bridgehead atoms. The molecule has 0 aliphatic carbocycles. The fourth-order valence-corrected chi connectivity index (χ4v) is 1.41. The van der Waals surface area contributed by atoms with Crippen molar-refractivity contribution >= 4 is 11.7 Å². The lowest BCUT2D eigenvalue weighted by Gasteiger charge is -2.31. The van der Waals surface area contributed by atoms with E-state index in [1.165, 1.54) is 11.8 Å². The molecule has 0 spiro atoms. The number of piperidine rings is 1. The molecule has 0 saturated carbocycles. The Morgan fingerprint density at radius 3 is 2.21 bits per heavy atom. The van der Waals surface area contributed by atoms with Crippen LogP contribution in [0.4, 0.5) is 8.78 Å². The van der Waals surface area contributed by atoms with Crippen molar-refractivity contribution in [3.05, 3.63) is 0 Å². The zero-order valence-corrected chi connectivity index (χ0v) is 8.06. The van der Waals surface area contributed by atoms with Gasteiger partial charge in [0.25, 0.3) is 5.92 Å². The minimum atomic E-state index is -2.65. The summed E-state index contributed by atoms with van der Waals surface area (Å²) in [7, 11) is 0. The molecule has 80 valence electrons. The summed E-state index contributed by atoms with van der Waals surface area (Å²) in [5, 5.41) is 0. The highest BCUT2D eigenvalue weighted by Gasteiger charge is 2.35. The van der Waals surface area contributed by atoms with Crippen LogP contribution in [0.1, 0.15) is 26.2 Å². The Hall–Kier alpha value is -1.00. The second kappa shape index (κ2) is 4.02. The van der Waals surface area contributed by atoms with Crippen LogP contribution in [-0.2, 0) is 9.59 Å². The number of carbonyl (C=O) groups excluding carboxylic acids is 2. The molecule has 1 fully saturated rings. The van der Waals surface area contributed by atoms with Crippen LogP contribution in [0, 0.1) is 0 Å². The lowest BCUT2D eigenvalue weighted by atomic mass is 10.1. The smallest absolute Gasteiger partial charge is 0.251 e. The number of hydrogen-bond donors (Lipinski definition) is 0. The Morgan fingerprint density at radius 2 is 1.79 bits per heavy atom. The number of likely N-dealkylation sites (tertiary alicyclic amines) is 1. The highest BCUT2D eigenvalue weighted by Crippen LogP contribution is 2.27. The van der Waals surface area contributed by atoms with Crippen LogP contribution < -0.4 is 0 Å². The number of carbonyl (C=O) groups is 2. The fourth-order valence-electron chi connectivity index (χ4n) is 1.41. The number of hydrogen-bond acceptors (Lipinski definition) is 2. The number of ketones is 1. The Morgan fingerprint density at radius 1 is 1.29 bits per heavy atom. The third kappa shape index (κ3) is 3.05. The Balaban J connectivity index is 2.42. The molecule has 1 aliphatic heterocycles. The molecule has 0 aromatic carbocycles. The van der Waals surface area contributed by atoms with Crippen LogP contribution in [0.3, 0.4) is 0 Å². The number of alkyl halides is 2. The first-order chi connectivity index (χ1) is 6.41. The van der Waals surface area contributed by atoms with E-state index in [1.54, 1.807) is 0 Å². The Kier molecular flexibility index (Phi) is 3.18. The average molecular weight is 205 g/mol. The van der Waals surface area contributed by atoms with Gasteiger partial charge in [-0.25, -0.2) is 8.78 Å². The maximum absolute atomic E-state index is 12.7. The van der Waals surface area contributed by atoms with Crippen LogP contribution in [0.15, 0.2) is 0 Å². The maximum atomic E-state index is 12.7. The van der Waals surface area contributed by atoms with Crippen molar-refractivity contribution < 1.29 is 18.4 Å². The summed E-state index contributed by atoms with van der Waals surface area (Å²) >= 11 is 0. The molecule has 3 nitrogen and oxygen atoms in total. The molecule has 0 N–H and O–H groups in total. The summed E-state index contributed by atoms with van der Waals surface area (Å²) in [6.07, 6.45) is -0.765. The normalized spacial score (nSPS) is 20.6. The zero-order chi connectivity index (χ0) is 10.8. The number of Topliss-reactive ketones (excluding diaryl/α,β-unsaturated/α-hetero) is 1. The van der Waals surface area contributed by atoms with Crippen molar-refractivity contribution in [2.45, 2.75) is 32.1 Å². The van der Waals surface area contributed by atoms with Gasteiger partial charge in [-0.2, -0.15) is 0 Å². The highest BCUT2D eigenvalue weighted by molar-refractivity contribution is 5.96. The van der Waals surface area contributed by atoms with Gasteiger partial charge in [0.1, 0.15) is 5.78 Å². The number of halogens is 2. The van der Waals surface area contributed by atoms with E-state index in [9.17, 15) is 18.4 Å². The van der Waals surface area contributed by atoms with Crippen molar-refractivity contribution in [3.8, 4) is 0 Å². The van der Waals surface area contributed by atoms with E-state index >= 15 is 0 Å².